The third kappa shape index (κ3) is 1.94. The molecule has 4 nitrogen and oxygen atoms in total. The molecule has 1 aromatic rings. The number of carbonyl (C=O) groups excluding carboxylic acids is 1. The number of nitrogens with two attached hydrogens (primary N) is 1. The fourth-order valence-electron chi connectivity index (χ4n) is 0.677. The minimum atomic E-state index is -0.289. The van der Waals surface area contributed by atoms with Gasteiger partial charge in [-0.25, -0.2) is 0 Å². The highest BCUT2D eigenvalue weighted by Gasteiger charge is 2.09. The molecular weight excluding hydrogens is 176 g/mol. The molecule has 1 rings (SSSR count). The first kappa shape index (κ1) is 8.99. The van der Waals surface area contributed by atoms with Crippen LogP contribution in [-0.4, -0.2) is 11.0 Å². The van der Waals surface area contributed by atoms with Gasteiger partial charge in [-0.2, -0.15) is 4.98 Å². The van der Waals surface area contributed by atoms with Gasteiger partial charge in [-0.3, -0.25) is 4.79 Å². The van der Waals surface area contributed by atoms with Crippen molar-refractivity contribution in [3.05, 3.63) is 4.88 Å². The number of thiazole rings is 1. The number of ether oxygens (including phenoxy) is 1. The predicted molar refractivity (Wildman–Crippen MR) is 47.2 cm³/mol. The Bertz CT molecular complexity index is 296. The summed E-state index contributed by atoms with van der Waals surface area (Å²) in [6.07, 6.45) is 0.344. The lowest BCUT2D eigenvalue weighted by atomic mass is 10.5. The Kier molecular flexibility index (Phi) is 2.65. The molecule has 66 valence electrons. The van der Waals surface area contributed by atoms with Gasteiger partial charge in [0.2, 0.25) is 5.88 Å². The Hall–Kier alpha value is -1.10. The van der Waals surface area contributed by atoms with Crippen LogP contribution in [0, 0.1) is 6.92 Å². The van der Waals surface area contributed by atoms with E-state index < -0.39 is 0 Å². The summed E-state index contributed by atoms with van der Waals surface area (Å²) < 4.78 is 4.90. The van der Waals surface area contributed by atoms with Gasteiger partial charge >= 0.3 is 5.97 Å². The van der Waals surface area contributed by atoms with E-state index in [9.17, 15) is 4.79 Å². The van der Waals surface area contributed by atoms with Crippen LogP contribution >= 0.6 is 11.3 Å². The number of esters is 1. The van der Waals surface area contributed by atoms with Crippen LogP contribution in [0.5, 0.6) is 5.88 Å². The zero-order valence-electron chi connectivity index (χ0n) is 6.96. The predicted octanol–water partition coefficient (Wildman–Crippen LogP) is 1.35. The van der Waals surface area contributed by atoms with Crippen molar-refractivity contribution in [2.75, 3.05) is 5.73 Å². The van der Waals surface area contributed by atoms with Crippen LogP contribution in [0.15, 0.2) is 0 Å². The van der Waals surface area contributed by atoms with Gasteiger partial charge in [0.15, 0.2) is 5.13 Å². The maximum atomic E-state index is 10.8. The molecule has 0 saturated heterocycles. The number of aryl methyl sites for hydroxylation is 1. The first-order valence-corrected chi connectivity index (χ1v) is 4.38. The Balaban J connectivity index is 2.75. The van der Waals surface area contributed by atoms with Crippen molar-refractivity contribution < 1.29 is 9.53 Å². The van der Waals surface area contributed by atoms with Crippen molar-refractivity contribution in [2.45, 2.75) is 20.3 Å². The monoisotopic (exact) mass is 186 g/mol. The van der Waals surface area contributed by atoms with Crippen molar-refractivity contribution in [1.29, 1.82) is 0 Å². The Morgan fingerprint density at radius 1 is 1.75 bits per heavy atom. The van der Waals surface area contributed by atoms with Crippen molar-refractivity contribution in [3.63, 3.8) is 0 Å². The molecule has 1 heterocycles. The quantitative estimate of drug-likeness (QED) is 0.708. The molecule has 0 fully saturated rings. The number of aromatic nitrogens is 1. The van der Waals surface area contributed by atoms with Gasteiger partial charge < -0.3 is 10.5 Å². The van der Waals surface area contributed by atoms with Crippen molar-refractivity contribution in [1.82, 2.24) is 4.98 Å². The molecule has 2 N–H and O–H groups in total. The van der Waals surface area contributed by atoms with Gasteiger partial charge in [-0.05, 0) is 6.92 Å². The van der Waals surface area contributed by atoms with E-state index in [-0.39, 0.29) is 5.97 Å². The van der Waals surface area contributed by atoms with E-state index in [2.05, 4.69) is 4.98 Å². The van der Waals surface area contributed by atoms with E-state index in [1.165, 1.54) is 11.3 Å². The van der Waals surface area contributed by atoms with E-state index in [0.29, 0.717) is 17.4 Å². The topological polar surface area (TPSA) is 65.2 Å². The van der Waals surface area contributed by atoms with Crippen molar-refractivity contribution >= 4 is 22.4 Å². The molecule has 0 radical (unpaired) electrons. The lowest BCUT2D eigenvalue weighted by Gasteiger charge is -1.97. The smallest absolute Gasteiger partial charge is 0.312 e. The zero-order chi connectivity index (χ0) is 9.14. The Labute approximate surface area is 74.4 Å². The SMILES string of the molecule is CCC(=O)Oc1nc(N)sc1C. The normalized spacial score (nSPS) is 9.83. The number of nitrogen functional groups attached to an aromatic ring is 1. The summed E-state index contributed by atoms with van der Waals surface area (Å²) in [5, 5.41) is 0.423. The number of nitrogens with zero attached hydrogens (tertiary/aromatic N) is 1. The number of anilines is 1. The van der Waals surface area contributed by atoms with E-state index in [4.69, 9.17) is 10.5 Å². The van der Waals surface area contributed by atoms with Crippen molar-refractivity contribution in [2.24, 2.45) is 0 Å². The van der Waals surface area contributed by atoms with E-state index in [1.807, 2.05) is 6.92 Å². The second-order valence-electron chi connectivity index (χ2n) is 2.24. The van der Waals surface area contributed by atoms with Gasteiger partial charge in [0.25, 0.3) is 0 Å². The van der Waals surface area contributed by atoms with Gasteiger partial charge in [0, 0.05) is 6.42 Å². The summed E-state index contributed by atoms with van der Waals surface area (Å²) in [5.41, 5.74) is 5.41. The van der Waals surface area contributed by atoms with Crippen LogP contribution in [0.4, 0.5) is 5.13 Å². The molecule has 0 unspecified atom stereocenters. The largest absolute Gasteiger partial charge is 0.406 e. The van der Waals surface area contributed by atoms with Gasteiger partial charge in [0.05, 0.1) is 4.88 Å². The fourth-order valence-corrected chi connectivity index (χ4v) is 1.29. The lowest BCUT2D eigenvalue weighted by Crippen LogP contribution is -2.06. The first-order valence-electron chi connectivity index (χ1n) is 3.57. The lowest BCUT2D eigenvalue weighted by molar-refractivity contribution is -0.134. The Morgan fingerprint density at radius 3 is 2.83 bits per heavy atom. The molecular formula is C7H10N2O2S. The molecule has 0 aromatic carbocycles. The summed E-state index contributed by atoms with van der Waals surface area (Å²) in [7, 11) is 0. The highest BCUT2D eigenvalue weighted by atomic mass is 32.1. The number of rotatable bonds is 2. The molecule has 0 aliphatic heterocycles. The van der Waals surface area contributed by atoms with Crippen LogP contribution in [-0.2, 0) is 4.79 Å². The van der Waals surface area contributed by atoms with Crippen LogP contribution in [0.25, 0.3) is 0 Å². The van der Waals surface area contributed by atoms with Gasteiger partial charge in [-0.1, -0.05) is 18.3 Å². The Morgan fingerprint density at radius 2 is 2.42 bits per heavy atom. The molecule has 0 bridgehead atoms. The standard InChI is InChI=1S/C7H10N2O2S/c1-3-5(10)11-6-4(2)12-7(8)9-6/h3H2,1-2H3,(H2,8,9). The number of hydrogen-bond donors (Lipinski definition) is 1. The maximum Gasteiger partial charge on any atom is 0.312 e. The molecule has 5 heteroatoms. The molecule has 0 saturated carbocycles. The van der Waals surface area contributed by atoms with E-state index >= 15 is 0 Å². The number of carbonyl (C=O) groups is 1. The molecule has 0 atom stereocenters. The van der Waals surface area contributed by atoms with E-state index in [1.54, 1.807) is 6.92 Å². The second kappa shape index (κ2) is 3.53. The molecule has 12 heavy (non-hydrogen) atoms. The molecule has 0 aliphatic carbocycles. The average molecular weight is 186 g/mol. The first-order chi connectivity index (χ1) is 5.63. The third-order valence-corrected chi connectivity index (χ3v) is 2.05. The summed E-state index contributed by atoms with van der Waals surface area (Å²) in [4.78, 5) is 15.5. The summed E-state index contributed by atoms with van der Waals surface area (Å²) in [6, 6.07) is 0. The highest BCUT2D eigenvalue weighted by molar-refractivity contribution is 7.15. The zero-order valence-corrected chi connectivity index (χ0v) is 7.77. The van der Waals surface area contributed by atoms with Gasteiger partial charge in [-0.15, -0.1) is 0 Å². The van der Waals surface area contributed by atoms with E-state index in [0.717, 1.165) is 4.88 Å². The molecule has 1 aromatic heterocycles. The fraction of sp³-hybridized carbons (Fsp3) is 0.429. The van der Waals surface area contributed by atoms with Crippen LogP contribution in [0.2, 0.25) is 0 Å². The summed E-state index contributed by atoms with van der Waals surface area (Å²) >= 11 is 1.31. The minimum Gasteiger partial charge on any atom is -0.406 e. The summed E-state index contributed by atoms with van der Waals surface area (Å²) in [5.74, 6) is 0.0488. The minimum absolute atomic E-state index is 0.289. The molecule has 0 amide bonds. The highest BCUT2D eigenvalue weighted by Crippen LogP contribution is 2.25. The van der Waals surface area contributed by atoms with Crippen LogP contribution in [0.1, 0.15) is 18.2 Å². The maximum absolute atomic E-state index is 10.8. The molecule has 0 aliphatic rings. The van der Waals surface area contributed by atoms with Crippen LogP contribution < -0.4 is 10.5 Å². The number of hydrogen-bond acceptors (Lipinski definition) is 5. The van der Waals surface area contributed by atoms with Crippen LogP contribution in [0.3, 0.4) is 0 Å². The van der Waals surface area contributed by atoms with Crippen molar-refractivity contribution in [3.8, 4) is 5.88 Å². The third-order valence-electron chi connectivity index (χ3n) is 1.27. The summed E-state index contributed by atoms with van der Waals surface area (Å²) in [6.45, 7) is 3.54. The van der Waals surface area contributed by atoms with Gasteiger partial charge in [0.1, 0.15) is 0 Å². The second-order valence-corrected chi connectivity index (χ2v) is 3.48. The molecule has 0 spiro atoms. The average Bonchev–Trinajstić information content (AvgIpc) is 2.30.